The Morgan fingerprint density at radius 1 is 0.958 bits per heavy atom. The maximum atomic E-state index is 5.85. The molecule has 0 amide bonds. The molecule has 0 aliphatic heterocycles. The molecule has 0 unspecified atom stereocenters. The zero-order valence-corrected chi connectivity index (χ0v) is 14.0. The summed E-state index contributed by atoms with van der Waals surface area (Å²) in [4.78, 5) is 4.42. The van der Waals surface area contributed by atoms with E-state index in [1.165, 1.54) is 5.39 Å². The molecular weight excluding hydrogens is 318 g/mol. The second-order valence-corrected chi connectivity index (χ2v) is 6.56. The lowest BCUT2D eigenvalue weighted by molar-refractivity contribution is 0.302. The monoisotopic (exact) mass is 333 g/mol. The number of thiazole rings is 1. The van der Waals surface area contributed by atoms with Gasteiger partial charge in [0.25, 0.3) is 0 Å². The number of hydrogen-bond donors (Lipinski definition) is 0. The number of nitrogens with zero attached hydrogens (tertiary/aromatic N) is 3. The molecule has 4 aromatic rings. The highest BCUT2D eigenvalue weighted by Crippen LogP contribution is 2.27. The lowest BCUT2D eigenvalue weighted by atomic mass is 10.0. The summed E-state index contributed by atoms with van der Waals surface area (Å²) in [5.74, 6) is 0.853. The van der Waals surface area contributed by atoms with E-state index >= 15 is 0 Å². The fraction of sp³-hybridized carbons (Fsp3) is 0.105. The molecule has 2 heterocycles. The van der Waals surface area contributed by atoms with Gasteiger partial charge in [0.05, 0.1) is 23.1 Å². The van der Waals surface area contributed by atoms with Crippen LogP contribution in [0.5, 0.6) is 5.75 Å². The van der Waals surface area contributed by atoms with Gasteiger partial charge in [-0.05, 0) is 47.5 Å². The van der Waals surface area contributed by atoms with Gasteiger partial charge in [-0.25, -0.2) is 4.98 Å². The number of fused-ring (bicyclic) bond motifs is 1. The second kappa shape index (κ2) is 6.37. The molecule has 0 fully saturated rings. The highest BCUT2D eigenvalue weighted by molar-refractivity contribution is 7.09. The van der Waals surface area contributed by atoms with Gasteiger partial charge in [0.15, 0.2) is 0 Å². The average Bonchev–Trinajstić information content (AvgIpc) is 3.05. The molecule has 0 saturated carbocycles. The van der Waals surface area contributed by atoms with Gasteiger partial charge in [-0.3, -0.25) is 0 Å². The van der Waals surface area contributed by atoms with Crippen molar-refractivity contribution < 1.29 is 4.74 Å². The summed E-state index contributed by atoms with van der Waals surface area (Å²) < 4.78 is 5.85. The van der Waals surface area contributed by atoms with Crippen LogP contribution < -0.4 is 4.74 Å². The molecule has 0 aliphatic carbocycles. The first-order valence-corrected chi connectivity index (χ1v) is 8.50. The van der Waals surface area contributed by atoms with Gasteiger partial charge in [0.1, 0.15) is 12.4 Å². The number of rotatable bonds is 4. The van der Waals surface area contributed by atoms with Crippen LogP contribution in [0.25, 0.3) is 21.9 Å². The van der Waals surface area contributed by atoms with E-state index in [2.05, 4.69) is 45.5 Å². The van der Waals surface area contributed by atoms with Crippen molar-refractivity contribution >= 4 is 22.1 Å². The normalized spacial score (nSPS) is 10.9. The predicted octanol–water partition coefficient (Wildman–Crippen LogP) is 4.64. The molecule has 5 heteroatoms. The van der Waals surface area contributed by atoms with E-state index in [9.17, 15) is 0 Å². The summed E-state index contributed by atoms with van der Waals surface area (Å²) >= 11 is 1.64. The number of ether oxygens (including phenoxy) is 1. The van der Waals surface area contributed by atoms with Gasteiger partial charge in [-0.1, -0.05) is 18.2 Å². The number of aryl methyl sites for hydroxylation is 1. The molecule has 0 aliphatic rings. The third-order valence-electron chi connectivity index (χ3n) is 3.78. The molecule has 0 atom stereocenters. The van der Waals surface area contributed by atoms with Crippen molar-refractivity contribution in [3.05, 3.63) is 70.9 Å². The summed E-state index contributed by atoms with van der Waals surface area (Å²) in [7, 11) is 0. The average molecular weight is 333 g/mol. The van der Waals surface area contributed by atoms with Crippen molar-refractivity contribution in [1.29, 1.82) is 0 Å². The first kappa shape index (κ1) is 14.8. The van der Waals surface area contributed by atoms with E-state index in [4.69, 9.17) is 4.74 Å². The SMILES string of the molecule is Cc1nc(COc2ccc3cc(-c4ccnnc4)ccc3c2)cs1. The molecule has 0 bridgehead atoms. The van der Waals surface area contributed by atoms with E-state index < -0.39 is 0 Å². The van der Waals surface area contributed by atoms with Gasteiger partial charge < -0.3 is 4.74 Å². The van der Waals surface area contributed by atoms with Crippen molar-refractivity contribution in [2.24, 2.45) is 0 Å². The third kappa shape index (κ3) is 3.12. The summed E-state index contributed by atoms with van der Waals surface area (Å²) in [6, 6.07) is 14.4. The molecule has 118 valence electrons. The van der Waals surface area contributed by atoms with Crippen molar-refractivity contribution in [2.75, 3.05) is 0 Å². The molecule has 24 heavy (non-hydrogen) atoms. The van der Waals surface area contributed by atoms with Crippen LogP contribution in [0, 0.1) is 6.92 Å². The van der Waals surface area contributed by atoms with Crippen LogP contribution in [-0.2, 0) is 6.61 Å². The van der Waals surface area contributed by atoms with E-state index in [1.54, 1.807) is 23.7 Å². The Morgan fingerprint density at radius 3 is 2.62 bits per heavy atom. The highest BCUT2D eigenvalue weighted by Gasteiger charge is 2.03. The van der Waals surface area contributed by atoms with Crippen LogP contribution in [0.2, 0.25) is 0 Å². The van der Waals surface area contributed by atoms with Crippen molar-refractivity contribution in [2.45, 2.75) is 13.5 Å². The zero-order chi connectivity index (χ0) is 16.4. The van der Waals surface area contributed by atoms with Crippen LogP contribution >= 0.6 is 11.3 Å². The Bertz CT molecular complexity index is 982. The molecule has 0 saturated heterocycles. The smallest absolute Gasteiger partial charge is 0.131 e. The Morgan fingerprint density at radius 2 is 1.83 bits per heavy atom. The van der Waals surface area contributed by atoms with Gasteiger partial charge in [0, 0.05) is 10.9 Å². The molecule has 0 N–H and O–H groups in total. The quantitative estimate of drug-likeness (QED) is 0.546. The van der Waals surface area contributed by atoms with Crippen LogP contribution in [-0.4, -0.2) is 15.2 Å². The summed E-state index contributed by atoms with van der Waals surface area (Å²) in [6.45, 7) is 2.50. The standard InChI is InChI=1S/C19H15N3OS/c1-13-22-18(12-24-13)11-23-19-5-4-14-8-15(2-3-16(14)9-19)17-6-7-20-21-10-17/h2-10,12H,11H2,1H3. The van der Waals surface area contributed by atoms with E-state index in [0.717, 1.165) is 33.0 Å². The minimum absolute atomic E-state index is 0.497. The Kier molecular flexibility index (Phi) is 3.92. The Labute approximate surface area is 143 Å². The minimum Gasteiger partial charge on any atom is -0.487 e. The molecule has 0 spiro atoms. The fourth-order valence-corrected chi connectivity index (χ4v) is 3.18. The van der Waals surface area contributed by atoms with Crippen LogP contribution in [0.3, 0.4) is 0 Å². The molecule has 4 nitrogen and oxygen atoms in total. The minimum atomic E-state index is 0.497. The number of benzene rings is 2. The third-order valence-corrected chi connectivity index (χ3v) is 4.60. The van der Waals surface area contributed by atoms with E-state index in [-0.39, 0.29) is 0 Å². The van der Waals surface area contributed by atoms with Crippen molar-refractivity contribution in [1.82, 2.24) is 15.2 Å². The van der Waals surface area contributed by atoms with Crippen LogP contribution in [0.4, 0.5) is 0 Å². The first-order valence-electron chi connectivity index (χ1n) is 7.63. The zero-order valence-electron chi connectivity index (χ0n) is 13.1. The lowest BCUT2D eigenvalue weighted by Crippen LogP contribution is -1.95. The van der Waals surface area contributed by atoms with Crippen molar-refractivity contribution in [3.8, 4) is 16.9 Å². The molecular formula is C19H15N3OS. The predicted molar refractivity (Wildman–Crippen MR) is 96.2 cm³/mol. The second-order valence-electron chi connectivity index (χ2n) is 5.50. The maximum absolute atomic E-state index is 5.85. The highest BCUT2D eigenvalue weighted by atomic mass is 32.1. The van der Waals surface area contributed by atoms with Gasteiger partial charge in [-0.15, -0.1) is 11.3 Å². The number of aromatic nitrogens is 3. The molecule has 4 rings (SSSR count). The molecule has 2 aromatic heterocycles. The summed E-state index contributed by atoms with van der Waals surface area (Å²) in [5, 5.41) is 13.2. The van der Waals surface area contributed by atoms with E-state index in [0.29, 0.717) is 6.61 Å². The van der Waals surface area contributed by atoms with Crippen molar-refractivity contribution in [3.63, 3.8) is 0 Å². The maximum Gasteiger partial charge on any atom is 0.131 e. The van der Waals surface area contributed by atoms with Crippen LogP contribution in [0.1, 0.15) is 10.7 Å². The molecule has 0 radical (unpaired) electrons. The summed E-state index contributed by atoms with van der Waals surface area (Å²) in [5.41, 5.74) is 3.16. The number of hydrogen-bond acceptors (Lipinski definition) is 5. The fourth-order valence-electron chi connectivity index (χ4n) is 2.59. The largest absolute Gasteiger partial charge is 0.487 e. The summed E-state index contributed by atoms with van der Waals surface area (Å²) in [6.07, 6.45) is 3.48. The first-order chi connectivity index (χ1) is 11.8. The van der Waals surface area contributed by atoms with Crippen LogP contribution in [0.15, 0.2) is 60.2 Å². The van der Waals surface area contributed by atoms with E-state index in [1.807, 2.05) is 24.4 Å². The Balaban J connectivity index is 1.57. The molecule has 2 aromatic carbocycles. The van der Waals surface area contributed by atoms with Gasteiger partial charge in [0.2, 0.25) is 0 Å². The Hall–Kier alpha value is -2.79. The topological polar surface area (TPSA) is 47.9 Å². The lowest BCUT2D eigenvalue weighted by Gasteiger charge is -2.07. The van der Waals surface area contributed by atoms with Gasteiger partial charge in [-0.2, -0.15) is 10.2 Å². The van der Waals surface area contributed by atoms with Gasteiger partial charge >= 0.3 is 0 Å².